The van der Waals surface area contributed by atoms with Crippen LogP contribution in [0.5, 0.6) is 0 Å². The number of hydrogen-bond donors (Lipinski definition) is 1. The number of amides is 1. The Balaban J connectivity index is 1.81. The molecule has 6 heteroatoms. The molecular formula is C19H20N2O4. The van der Waals surface area contributed by atoms with E-state index in [1.807, 2.05) is 38.1 Å². The average molecular weight is 340 g/mol. The zero-order valence-corrected chi connectivity index (χ0v) is 14.2. The number of carbonyl (C=O) groups excluding carboxylic acids is 1. The van der Waals surface area contributed by atoms with Gasteiger partial charge in [-0.1, -0.05) is 24.3 Å². The molecule has 1 fully saturated rings. The third-order valence-electron chi connectivity index (χ3n) is 4.46. The molecule has 0 radical (unpaired) electrons. The van der Waals surface area contributed by atoms with Crippen molar-refractivity contribution in [1.29, 1.82) is 0 Å². The summed E-state index contributed by atoms with van der Waals surface area (Å²) in [6.07, 6.45) is 1.14. The Hall–Kier alpha value is -2.73. The van der Waals surface area contributed by atoms with E-state index < -0.39 is 5.97 Å². The van der Waals surface area contributed by atoms with Crippen molar-refractivity contribution in [3.05, 3.63) is 65.0 Å². The third-order valence-corrected chi connectivity index (χ3v) is 4.46. The molecular weight excluding hydrogens is 320 g/mol. The SMILES string of the molecule is Cc1ccccc1[C@H]1CN(C(=O)c2ccc(C(=O)O)nc2)[C@@H](C)CO1. The molecule has 2 aromatic rings. The summed E-state index contributed by atoms with van der Waals surface area (Å²) in [7, 11) is 0. The van der Waals surface area contributed by atoms with Crippen LogP contribution in [0.3, 0.4) is 0 Å². The van der Waals surface area contributed by atoms with Crippen LogP contribution in [0, 0.1) is 6.92 Å². The lowest BCUT2D eigenvalue weighted by atomic mass is 10.0. The Kier molecular flexibility index (Phi) is 4.81. The van der Waals surface area contributed by atoms with Crippen LogP contribution >= 0.6 is 0 Å². The van der Waals surface area contributed by atoms with E-state index in [1.165, 1.54) is 18.3 Å². The normalized spacial score (nSPS) is 20.3. The molecule has 130 valence electrons. The van der Waals surface area contributed by atoms with Crippen LogP contribution < -0.4 is 0 Å². The maximum absolute atomic E-state index is 12.8. The highest BCUT2D eigenvalue weighted by Gasteiger charge is 2.31. The maximum atomic E-state index is 12.8. The van der Waals surface area contributed by atoms with Crippen molar-refractivity contribution in [1.82, 2.24) is 9.88 Å². The number of nitrogens with zero attached hydrogens (tertiary/aromatic N) is 2. The number of hydrogen-bond acceptors (Lipinski definition) is 4. The molecule has 1 aromatic heterocycles. The minimum absolute atomic E-state index is 0.0630. The van der Waals surface area contributed by atoms with E-state index in [-0.39, 0.29) is 23.7 Å². The van der Waals surface area contributed by atoms with Crippen molar-refractivity contribution in [2.75, 3.05) is 13.2 Å². The lowest BCUT2D eigenvalue weighted by molar-refractivity contribution is -0.0489. The highest BCUT2D eigenvalue weighted by Crippen LogP contribution is 2.28. The Morgan fingerprint density at radius 3 is 2.64 bits per heavy atom. The monoisotopic (exact) mass is 340 g/mol. The summed E-state index contributed by atoms with van der Waals surface area (Å²) in [5.74, 6) is -1.28. The van der Waals surface area contributed by atoms with Gasteiger partial charge in [-0.3, -0.25) is 4.79 Å². The number of morpholine rings is 1. The van der Waals surface area contributed by atoms with Crippen molar-refractivity contribution < 1.29 is 19.4 Å². The maximum Gasteiger partial charge on any atom is 0.354 e. The van der Waals surface area contributed by atoms with Gasteiger partial charge in [-0.05, 0) is 37.1 Å². The Labute approximate surface area is 146 Å². The van der Waals surface area contributed by atoms with Crippen molar-refractivity contribution >= 4 is 11.9 Å². The topological polar surface area (TPSA) is 79.7 Å². The molecule has 1 amide bonds. The molecule has 1 N–H and O–H groups in total. The average Bonchev–Trinajstić information content (AvgIpc) is 2.62. The van der Waals surface area contributed by atoms with Gasteiger partial charge < -0.3 is 14.7 Å². The number of pyridine rings is 1. The minimum Gasteiger partial charge on any atom is -0.477 e. The molecule has 0 unspecified atom stereocenters. The first-order chi connectivity index (χ1) is 12.0. The summed E-state index contributed by atoms with van der Waals surface area (Å²) in [5, 5.41) is 8.92. The Bertz CT molecular complexity index is 788. The predicted molar refractivity (Wildman–Crippen MR) is 91.6 cm³/mol. The summed E-state index contributed by atoms with van der Waals surface area (Å²) in [5.41, 5.74) is 2.50. The fourth-order valence-corrected chi connectivity index (χ4v) is 2.99. The summed E-state index contributed by atoms with van der Waals surface area (Å²) in [6.45, 7) is 4.86. The van der Waals surface area contributed by atoms with Crippen molar-refractivity contribution in [3.8, 4) is 0 Å². The Morgan fingerprint density at radius 2 is 2.00 bits per heavy atom. The number of ether oxygens (including phenoxy) is 1. The van der Waals surface area contributed by atoms with Gasteiger partial charge in [-0.15, -0.1) is 0 Å². The fraction of sp³-hybridized carbons (Fsp3) is 0.316. The molecule has 3 rings (SSSR count). The smallest absolute Gasteiger partial charge is 0.354 e. The Morgan fingerprint density at radius 1 is 1.24 bits per heavy atom. The fourth-order valence-electron chi connectivity index (χ4n) is 2.99. The van der Waals surface area contributed by atoms with Gasteiger partial charge in [0.05, 0.1) is 24.8 Å². The molecule has 2 atom stereocenters. The van der Waals surface area contributed by atoms with Crippen LogP contribution in [0.25, 0.3) is 0 Å². The van der Waals surface area contributed by atoms with Crippen LogP contribution in [0.15, 0.2) is 42.6 Å². The molecule has 2 heterocycles. The van der Waals surface area contributed by atoms with E-state index >= 15 is 0 Å². The number of carboxylic acids is 1. The molecule has 1 aliphatic heterocycles. The van der Waals surface area contributed by atoms with Crippen LogP contribution in [0.4, 0.5) is 0 Å². The first-order valence-electron chi connectivity index (χ1n) is 8.15. The number of carbonyl (C=O) groups is 2. The van der Waals surface area contributed by atoms with Crippen molar-refractivity contribution in [2.45, 2.75) is 26.0 Å². The molecule has 6 nitrogen and oxygen atoms in total. The number of carboxylic acid groups (broad SMARTS) is 1. The van der Waals surface area contributed by atoms with Crippen LogP contribution in [0.1, 0.15) is 45.0 Å². The lowest BCUT2D eigenvalue weighted by Crippen LogP contribution is -2.48. The van der Waals surface area contributed by atoms with E-state index in [2.05, 4.69) is 4.98 Å². The predicted octanol–water partition coefficient (Wildman–Crippen LogP) is 2.69. The summed E-state index contributed by atoms with van der Waals surface area (Å²) < 4.78 is 5.94. The first kappa shape index (κ1) is 17.1. The van der Waals surface area contributed by atoms with Gasteiger partial charge in [-0.2, -0.15) is 0 Å². The highest BCUT2D eigenvalue weighted by molar-refractivity contribution is 5.95. The van der Waals surface area contributed by atoms with Gasteiger partial charge in [0.25, 0.3) is 5.91 Å². The van der Waals surface area contributed by atoms with Gasteiger partial charge >= 0.3 is 5.97 Å². The second-order valence-electron chi connectivity index (χ2n) is 6.22. The molecule has 1 saturated heterocycles. The van der Waals surface area contributed by atoms with E-state index in [9.17, 15) is 9.59 Å². The van der Waals surface area contributed by atoms with Gasteiger partial charge in [0.2, 0.25) is 0 Å². The lowest BCUT2D eigenvalue weighted by Gasteiger charge is -2.38. The summed E-state index contributed by atoms with van der Waals surface area (Å²) >= 11 is 0. The van der Waals surface area contributed by atoms with Gasteiger partial charge in [0.1, 0.15) is 11.8 Å². The standard InChI is InChI=1S/C19H20N2O4/c1-12-5-3-4-6-15(12)17-10-21(13(2)11-25-17)18(22)14-7-8-16(19(23)24)20-9-14/h3-9,13,17H,10-11H2,1-2H3,(H,23,24)/t13-,17+/m0/s1. The number of rotatable bonds is 3. The first-order valence-corrected chi connectivity index (χ1v) is 8.15. The zero-order chi connectivity index (χ0) is 18.0. The van der Waals surface area contributed by atoms with E-state index in [1.54, 1.807) is 4.90 Å². The second-order valence-corrected chi connectivity index (χ2v) is 6.22. The van der Waals surface area contributed by atoms with Crippen molar-refractivity contribution in [3.63, 3.8) is 0 Å². The molecule has 0 saturated carbocycles. The van der Waals surface area contributed by atoms with Gasteiger partial charge in [-0.25, -0.2) is 9.78 Å². The van der Waals surface area contributed by atoms with Crippen LogP contribution in [0.2, 0.25) is 0 Å². The number of aromatic carboxylic acids is 1. The molecule has 1 aliphatic rings. The summed E-state index contributed by atoms with van der Waals surface area (Å²) in [6, 6.07) is 10.8. The molecule has 0 aliphatic carbocycles. The van der Waals surface area contributed by atoms with Gasteiger partial charge in [0.15, 0.2) is 0 Å². The quantitative estimate of drug-likeness (QED) is 0.929. The minimum atomic E-state index is -1.11. The van der Waals surface area contributed by atoms with Crippen LogP contribution in [-0.4, -0.2) is 46.1 Å². The molecule has 25 heavy (non-hydrogen) atoms. The van der Waals surface area contributed by atoms with Crippen molar-refractivity contribution in [2.24, 2.45) is 0 Å². The summed E-state index contributed by atoms with van der Waals surface area (Å²) in [4.78, 5) is 29.3. The van der Waals surface area contributed by atoms with Gasteiger partial charge in [0, 0.05) is 6.20 Å². The highest BCUT2D eigenvalue weighted by atomic mass is 16.5. The largest absolute Gasteiger partial charge is 0.477 e. The number of benzene rings is 1. The van der Waals surface area contributed by atoms with E-state index in [0.29, 0.717) is 18.7 Å². The van der Waals surface area contributed by atoms with E-state index in [0.717, 1.165) is 11.1 Å². The van der Waals surface area contributed by atoms with E-state index in [4.69, 9.17) is 9.84 Å². The second kappa shape index (κ2) is 7.03. The number of aryl methyl sites for hydroxylation is 1. The van der Waals surface area contributed by atoms with Crippen LogP contribution in [-0.2, 0) is 4.74 Å². The molecule has 1 aromatic carbocycles. The molecule has 0 spiro atoms. The zero-order valence-electron chi connectivity index (χ0n) is 14.2. The molecule has 0 bridgehead atoms. The number of aromatic nitrogens is 1. The third kappa shape index (κ3) is 3.53.